The highest BCUT2D eigenvalue weighted by atomic mass is 16.3. The Morgan fingerprint density at radius 1 is 0.383 bits per heavy atom. The Balaban J connectivity index is 3.50. The Morgan fingerprint density at radius 3 is 0.967 bits per heavy atom. The van der Waals surface area contributed by atoms with E-state index in [1.54, 1.807) is 6.08 Å². The van der Waals surface area contributed by atoms with Crippen LogP contribution in [0.15, 0.2) is 24.3 Å². The number of hydrogen-bond donors (Lipinski definition) is 3. The fourth-order valence-electron chi connectivity index (χ4n) is 8.73. The van der Waals surface area contributed by atoms with Crippen LogP contribution in [0.2, 0.25) is 0 Å². The number of nitrogens with one attached hydrogen (secondary N) is 1. The van der Waals surface area contributed by atoms with Gasteiger partial charge in [-0.25, -0.2) is 0 Å². The van der Waals surface area contributed by atoms with Crippen molar-refractivity contribution in [2.24, 2.45) is 0 Å². The van der Waals surface area contributed by atoms with E-state index >= 15 is 0 Å². The van der Waals surface area contributed by atoms with Gasteiger partial charge in [-0.15, -0.1) is 0 Å². The lowest BCUT2D eigenvalue weighted by molar-refractivity contribution is -0.123. The zero-order chi connectivity index (χ0) is 43.5. The van der Waals surface area contributed by atoms with E-state index in [0.29, 0.717) is 6.42 Å². The standard InChI is InChI=1S/C56H109NO3/c1-3-5-7-9-11-13-15-17-19-21-23-25-26-27-28-29-30-31-32-33-35-37-39-41-43-45-47-49-51-55(59)54(53-58)57-56(60)52-50-48-46-44-42-40-38-36-34-24-22-20-18-16-14-12-10-8-6-4-2/h41,43,49,51,54-55,58-59H,3-40,42,44-48,50,52-53H2,1-2H3,(H,57,60)/b43-41+,51-49+. The molecule has 0 heterocycles. The van der Waals surface area contributed by atoms with Crippen LogP contribution in [0.3, 0.4) is 0 Å². The highest BCUT2D eigenvalue weighted by Gasteiger charge is 2.18. The first-order chi connectivity index (χ1) is 29.7. The first-order valence-corrected chi connectivity index (χ1v) is 27.6. The Bertz CT molecular complexity index is 871. The van der Waals surface area contributed by atoms with Crippen molar-refractivity contribution in [3.8, 4) is 0 Å². The second-order valence-electron chi connectivity index (χ2n) is 19.0. The molecular formula is C56H109NO3. The summed E-state index contributed by atoms with van der Waals surface area (Å²) in [6.07, 6.45) is 69.1. The maximum atomic E-state index is 12.4. The lowest BCUT2D eigenvalue weighted by atomic mass is 10.0. The number of carbonyl (C=O) groups excluding carboxylic acids is 1. The molecule has 1 amide bonds. The third-order valence-electron chi connectivity index (χ3n) is 12.9. The molecule has 0 aliphatic carbocycles. The number of allylic oxidation sites excluding steroid dienone is 3. The monoisotopic (exact) mass is 844 g/mol. The lowest BCUT2D eigenvalue weighted by Crippen LogP contribution is -2.45. The molecule has 0 radical (unpaired) electrons. The summed E-state index contributed by atoms with van der Waals surface area (Å²) in [4.78, 5) is 12.4. The fourth-order valence-corrected chi connectivity index (χ4v) is 8.73. The van der Waals surface area contributed by atoms with Gasteiger partial charge < -0.3 is 15.5 Å². The molecule has 4 heteroatoms. The summed E-state index contributed by atoms with van der Waals surface area (Å²) < 4.78 is 0. The first kappa shape index (κ1) is 58.9. The molecule has 0 saturated heterocycles. The predicted molar refractivity (Wildman–Crippen MR) is 267 cm³/mol. The minimum atomic E-state index is -0.859. The summed E-state index contributed by atoms with van der Waals surface area (Å²) in [6, 6.07) is -0.636. The van der Waals surface area contributed by atoms with Crippen LogP contribution in [0.4, 0.5) is 0 Å². The molecule has 0 aromatic heterocycles. The second kappa shape index (κ2) is 52.2. The Hall–Kier alpha value is -1.13. The summed E-state index contributed by atoms with van der Waals surface area (Å²) in [5, 5.41) is 23.1. The number of hydrogen-bond acceptors (Lipinski definition) is 3. The van der Waals surface area contributed by atoms with E-state index in [1.807, 2.05) is 6.08 Å². The molecule has 0 rings (SSSR count). The normalized spacial score (nSPS) is 12.9. The minimum Gasteiger partial charge on any atom is -0.394 e. The summed E-state index contributed by atoms with van der Waals surface area (Å²) in [6.45, 7) is 4.34. The van der Waals surface area contributed by atoms with Gasteiger partial charge in [0.2, 0.25) is 5.91 Å². The van der Waals surface area contributed by atoms with Gasteiger partial charge in [-0.05, 0) is 32.1 Å². The zero-order valence-electron chi connectivity index (χ0n) is 41.0. The molecule has 0 aromatic rings. The maximum absolute atomic E-state index is 12.4. The van der Waals surface area contributed by atoms with E-state index in [4.69, 9.17) is 0 Å². The predicted octanol–water partition coefficient (Wildman–Crippen LogP) is 17.9. The Morgan fingerprint density at radius 2 is 0.650 bits per heavy atom. The zero-order valence-corrected chi connectivity index (χ0v) is 41.0. The van der Waals surface area contributed by atoms with E-state index in [0.717, 1.165) is 32.1 Å². The van der Waals surface area contributed by atoms with Crippen molar-refractivity contribution in [1.82, 2.24) is 5.32 Å². The number of carbonyl (C=O) groups is 1. The fraction of sp³-hybridized carbons (Fsp3) is 0.911. The van der Waals surface area contributed by atoms with E-state index in [2.05, 4.69) is 31.3 Å². The maximum Gasteiger partial charge on any atom is 0.220 e. The van der Waals surface area contributed by atoms with Gasteiger partial charge in [0.15, 0.2) is 0 Å². The average molecular weight is 844 g/mol. The van der Waals surface area contributed by atoms with E-state index in [9.17, 15) is 15.0 Å². The summed E-state index contributed by atoms with van der Waals surface area (Å²) in [7, 11) is 0. The van der Waals surface area contributed by atoms with Crippen molar-refractivity contribution < 1.29 is 15.0 Å². The molecule has 0 aliphatic rings. The Kier molecular flexibility index (Phi) is 51.2. The molecule has 3 N–H and O–H groups in total. The molecule has 60 heavy (non-hydrogen) atoms. The van der Waals surface area contributed by atoms with Crippen molar-refractivity contribution in [3.05, 3.63) is 24.3 Å². The van der Waals surface area contributed by atoms with Crippen molar-refractivity contribution >= 4 is 5.91 Å². The SMILES string of the molecule is CCCCCCCCCCCCCCCCCCCCCCCC/C=C/CC/C=C/C(O)C(CO)NC(=O)CCCCCCCCCCCCCCCCCCCCCC. The van der Waals surface area contributed by atoms with Crippen LogP contribution in [0.5, 0.6) is 0 Å². The molecule has 0 aliphatic heterocycles. The molecule has 2 unspecified atom stereocenters. The van der Waals surface area contributed by atoms with E-state index in [1.165, 1.54) is 257 Å². The summed E-state index contributed by atoms with van der Waals surface area (Å²) in [5.41, 5.74) is 0. The van der Waals surface area contributed by atoms with Gasteiger partial charge in [0, 0.05) is 6.42 Å². The summed E-state index contributed by atoms with van der Waals surface area (Å²) >= 11 is 0. The highest BCUT2D eigenvalue weighted by Crippen LogP contribution is 2.17. The lowest BCUT2D eigenvalue weighted by Gasteiger charge is -2.19. The highest BCUT2D eigenvalue weighted by molar-refractivity contribution is 5.76. The van der Waals surface area contributed by atoms with Gasteiger partial charge in [0.25, 0.3) is 0 Å². The van der Waals surface area contributed by atoms with Crippen LogP contribution in [0.1, 0.15) is 309 Å². The smallest absolute Gasteiger partial charge is 0.220 e. The third-order valence-corrected chi connectivity index (χ3v) is 12.9. The van der Waals surface area contributed by atoms with Crippen LogP contribution in [-0.4, -0.2) is 34.9 Å². The van der Waals surface area contributed by atoms with Gasteiger partial charge in [-0.2, -0.15) is 0 Å². The van der Waals surface area contributed by atoms with Crippen molar-refractivity contribution in [3.63, 3.8) is 0 Å². The van der Waals surface area contributed by atoms with E-state index < -0.39 is 12.1 Å². The largest absolute Gasteiger partial charge is 0.394 e. The minimum absolute atomic E-state index is 0.0674. The number of unbranched alkanes of at least 4 members (excludes halogenated alkanes) is 42. The molecule has 356 valence electrons. The molecule has 0 spiro atoms. The van der Waals surface area contributed by atoms with Crippen LogP contribution < -0.4 is 5.32 Å². The van der Waals surface area contributed by atoms with Crippen LogP contribution in [0.25, 0.3) is 0 Å². The van der Waals surface area contributed by atoms with Gasteiger partial charge in [0.05, 0.1) is 18.8 Å². The summed E-state index contributed by atoms with van der Waals surface area (Å²) in [5.74, 6) is -0.0674. The number of aliphatic hydroxyl groups is 2. The molecular weight excluding hydrogens is 735 g/mol. The first-order valence-electron chi connectivity index (χ1n) is 27.6. The van der Waals surface area contributed by atoms with Gasteiger partial charge in [-0.1, -0.05) is 295 Å². The molecule has 4 nitrogen and oxygen atoms in total. The average Bonchev–Trinajstić information content (AvgIpc) is 3.25. The quantitative estimate of drug-likeness (QED) is 0.0422. The van der Waals surface area contributed by atoms with Crippen molar-refractivity contribution in [2.45, 2.75) is 321 Å². The van der Waals surface area contributed by atoms with Gasteiger partial charge in [0.1, 0.15) is 0 Å². The van der Waals surface area contributed by atoms with E-state index in [-0.39, 0.29) is 12.5 Å². The second-order valence-corrected chi connectivity index (χ2v) is 19.0. The van der Waals surface area contributed by atoms with Gasteiger partial charge >= 0.3 is 0 Å². The molecule has 2 atom stereocenters. The Labute approximate surface area is 377 Å². The molecule has 0 bridgehead atoms. The van der Waals surface area contributed by atoms with Crippen LogP contribution in [-0.2, 0) is 4.79 Å². The third kappa shape index (κ3) is 47.9. The molecule has 0 saturated carbocycles. The van der Waals surface area contributed by atoms with Crippen LogP contribution >= 0.6 is 0 Å². The number of amides is 1. The van der Waals surface area contributed by atoms with Gasteiger partial charge in [-0.3, -0.25) is 4.79 Å². The van der Waals surface area contributed by atoms with Crippen LogP contribution in [0, 0.1) is 0 Å². The molecule has 0 fully saturated rings. The number of rotatable bonds is 51. The van der Waals surface area contributed by atoms with Crippen molar-refractivity contribution in [1.29, 1.82) is 0 Å². The number of aliphatic hydroxyl groups excluding tert-OH is 2. The van der Waals surface area contributed by atoms with Crippen molar-refractivity contribution in [2.75, 3.05) is 6.61 Å². The topological polar surface area (TPSA) is 69.6 Å². The molecule has 0 aromatic carbocycles.